The molecule has 1 amide bonds. The minimum Gasteiger partial charge on any atom is -0.497 e. The van der Waals surface area contributed by atoms with Gasteiger partial charge in [0.05, 0.1) is 13.2 Å². The lowest BCUT2D eigenvalue weighted by Crippen LogP contribution is -2.40. The summed E-state index contributed by atoms with van der Waals surface area (Å²) in [6.45, 7) is 8.08. The van der Waals surface area contributed by atoms with E-state index in [-0.39, 0.29) is 11.9 Å². The number of carbonyl (C=O) groups is 1. The van der Waals surface area contributed by atoms with E-state index >= 15 is 0 Å². The Bertz CT molecular complexity index is 725. The van der Waals surface area contributed by atoms with Crippen LogP contribution >= 0.6 is 0 Å². The minimum atomic E-state index is -0.511. The summed E-state index contributed by atoms with van der Waals surface area (Å²) in [7, 11) is 1.64. The van der Waals surface area contributed by atoms with Crippen LogP contribution < -0.4 is 14.8 Å². The van der Waals surface area contributed by atoms with Crippen LogP contribution in [-0.2, 0) is 4.79 Å². The molecule has 1 N–H and O–H groups in total. The molecule has 2 atom stereocenters. The monoisotopic (exact) mass is 355 g/mol. The maximum Gasteiger partial charge on any atom is 0.261 e. The molecular formula is C22H29NO3. The second-order valence-electron chi connectivity index (χ2n) is 6.46. The quantitative estimate of drug-likeness (QED) is 0.744. The number of hydrogen-bond acceptors (Lipinski definition) is 3. The van der Waals surface area contributed by atoms with Gasteiger partial charge in [0.2, 0.25) is 0 Å². The lowest BCUT2D eigenvalue weighted by atomic mass is 10.0. The van der Waals surface area contributed by atoms with E-state index in [1.807, 2.05) is 63.2 Å². The maximum absolute atomic E-state index is 12.8. The first-order valence-corrected chi connectivity index (χ1v) is 9.17. The molecule has 2 rings (SSSR count). The van der Waals surface area contributed by atoms with E-state index in [1.165, 1.54) is 0 Å². The molecule has 0 saturated heterocycles. The smallest absolute Gasteiger partial charge is 0.261 e. The van der Waals surface area contributed by atoms with Crippen LogP contribution in [0.2, 0.25) is 0 Å². The van der Waals surface area contributed by atoms with Crippen molar-refractivity contribution in [2.24, 2.45) is 0 Å². The molecule has 2 aromatic rings. The number of hydrogen-bond donors (Lipinski definition) is 1. The number of nitrogens with one attached hydrogen (secondary N) is 1. The van der Waals surface area contributed by atoms with E-state index in [4.69, 9.17) is 9.47 Å². The molecule has 0 spiro atoms. The Hall–Kier alpha value is -2.49. The summed E-state index contributed by atoms with van der Waals surface area (Å²) < 4.78 is 11.2. The minimum absolute atomic E-state index is 0.0512. The SMILES string of the molecule is CC[C@H](Oc1cccc(C)c1C)C(=O)N[C@H](CC)c1ccc(OC)cc1. The zero-order valence-electron chi connectivity index (χ0n) is 16.3. The molecule has 140 valence electrons. The molecule has 26 heavy (non-hydrogen) atoms. The van der Waals surface area contributed by atoms with Crippen LogP contribution in [0.4, 0.5) is 0 Å². The lowest BCUT2D eigenvalue weighted by Gasteiger charge is -2.23. The average Bonchev–Trinajstić information content (AvgIpc) is 2.67. The number of methoxy groups -OCH3 is 1. The van der Waals surface area contributed by atoms with E-state index < -0.39 is 6.10 Å². The highest BCUT2D eigenvalue weighted by molar-refractivity contribution is 5.81. The fourth-order valence-corrected chi connectivity index (χ4v) is 2.85. The van der Waals surface area contributed by atoms with Crippen LogP contribution in [0.25, 0.3) is 0 Å². The van der Waals surface area contributed by atoms with Crippen LogP contribution in [0, 0.1) is 13.8 Å². The highest BCUT2D eigenvalue weighted by atomic mass is 16.5. The van der Waals surface area contributed by atoms with Crippen molar-refractivity contribution < 1.29 is 14.3 Å². The summed E-state index contributed by atoms with van der Waals surface area (Å²) in [6, 6.07) is 13.7. The first-order valence-electron chi connectivity index (χ1n) is 9.17. The van der Waals surface area contributed by atoms with Crippen molar-refractivity contribution in [2.45, 2.75) is 52.7 Å². The molecule has 0 unspecified atom stereocenters. The Morgan fingerprint density at radius 1 is 1.04 bits per heavy atom. The summed E-state index contributed by atoms with van der Waals surface area (Å²) in [4.78, 5) is 12.8. The van der Waals surface area contributed by atoms with Gasteiger partial charge in [-0.25, -0.2) is 0 Å². The molecule has 2 aromatic carbocycles. The van der Waals surface area contributed by atoms with Crippen molar-refractivity contribution in [1.29, 1.82) is 0 Å². The molecule has 0 aliphatic carbocycles. The Morgan fingerprint density at radius 3 is 2.31 bits per heavy atom. The van der Waals surface area contributed by atoms with Gasteiger partial charge in [-0.05, 0) is 61.6 Å². The average molecular weight is 355 g/mol. The van der Waals surface area contributed by atoms with Crippen molar-refractivity contribution >= 4 is 5.91 Å². The summed E-state index contributed by atoms with van der Waals surface area (Å²) in [5.41, 5.74) is 3.28. The molecule has 4 heteroatoms. The van der Waals surface area contributed by atoms with E-state index in [0.29, 0.717) is 6.42 Å². The van der Waals surface area contributed by atoms with Crippen molar-refractivity contribution in [3.05, 3.63) is 59.2 Å². The van der Waals surface area contributed by atoms with Gasteiger partial charge in [0.1, 0.15) is 11.5 Å². The van der Waals surface area contributed by atoms with Crippen LogP contribution in [-0.4, -0.2) is 19.1 Å². The van der Waals surface area contributed by atoms with Gasteiger partial charge in [0.25, 0.3) is 5.91 Å². The number of benzene rings is 2. The number of rotatable bonds is 8. The normalized spacial score (nSPS) is 13.0. The molecule has 0 fully saturated rings. The Labute approximate surface area is 156 Å². The van der Waals surface area contributed by atoms with Gasteiger partial charge in [0.15, 0.2) is 6.10 Å². The number of aryl methyl sites for hydroxylation is 1. The molecule has 0 aromatic heterocycles. The molecule has 4 nitrogen and oxygen atoms in total. The van der Waals surface area contributed by atoms with Crippen LogP contribution in [0.5, 0.6) is 11.5 Å². The Balaban J connectivity index is 2.09. The van der Waals surface area contributed by atoms with E-state index in [2.05, 4.69) is 12.2 Å². The third kappa shape index (κ3) is 4.78. The van der Waals surface area contributed by atoms with Gasteiger partial charge in [-0.15, -0.1) is 0 Å². The molecule has 0 saturated carbocycles. The van der Waals surface area contributed by atoms with E-state index in [9.17, 15) is 4.79 Å². The van der Waals surface area contributed by atoms with Gasteiger partial charge >= 0.3 is 0 Å². The summed E-state index contributed by atoms with van der Waals surface area (Å²) >= 11 is 0. The molecule has 0 bridgehead atoms. The lowest BCUT2D eigenvalue weighted by molar-refractivity contribution is -0.129. The summed E-state index contributed by atoms with van der Waals surface area (Å²) in [5, 5.41) is 3.12. The number of ether oxygens (including phenoxy) is 2. The Kier molecular flexibility index (Phi) is 7.07. The van der Waals surface area contributed by atoms with Gasteiger partial charge in [0, 0.05) is 0 Å². The number of amides is 1. The summed E-state index contributed by atoms with van der Waals surface area (Å²) in [5.74, 6) is 1.49. The third-order valence-corrected chi connectivity index (χ3v) is 4.73. The maximum atomic E-state index is 12.8. The van der Waals surface area contributed by atoms with Gasteiger partial charge in [-0.2, -0.15) is 0 Å². The fourth-order valence-electron chi connectivity index (χ4n) is 2.85. The van der Waals surface area contributed by atoms with Crippen LogP contribution in [0.1, 0.15) is 49.4 Å². The largest absolute Gasteiger partial charge is 0.497 e. The predicted octanol–water partition coefficient (Wildman–Crippen LogP) is 4.74. The van der Waals surface area contributed by atoms with E-state index in [0.717, 1.165) is 34.6 Å². The first kappa shape index (κ1) is 19.8. The standard InChI is InChI=1S/C22H29NO3/c1-6-19(17-11-13-18(25-5)14-12-17)23-22(24)20(7-2)26-21-10-8-9-15(3)16(21)4/h8-14,19-20H,6-7H2,1-5H3,(H,23,24)/t19-,20+/m1/s1. The van der Waals surface area contributed by atoms with Crippen molar-refractivity contribution in [2.75, 3.05) is 7.11 Å². The highest BCUT2D eigenvalue weighted by Crippen LogP contribution is 2.24. The van der Waals surface area contributed by atoms with Crippen molar-refractivity contribution in [3.63, 3.8) is 0 Å². The molecule has 0 aliphatic rings. The zero-order valence-corrected chi connectivity index (χ0v) is 16.3. The first-order chi connectivity index (χ1) is 12.5. The highest BCUT2D eigenvalue weighted by Gasteiger charge is 2.22. The molecule has 0 radical (unpaired) electrons. The van der Waals surface area contributed by atoms with Gasteiger partial charge < -0.3 is 14.8 Å². The van der Waals surface area contributed by atoms with Gasteiger partial charge in [-0.1, -0.05) is 38.1 Å². The molecule has 0 aliphatic heterocycles. The third-order valence-electron chi connectivity index (χ3n) is 4.73. The van der Waals surface area contributed by atoms with E-state index in [1.54, 1.807) is 7.11 Å². The molecular weight excluding hydrogens is 326 g/mol. The van der Waals surface area contributed by atoms with Crippen molar-refractivity contribution in [3.8, 4) is 11.5 Å². The fraction of sp³-hybridized carbons (Fsp3) is 0.409. The second-order valence-corrected chi connectivity index (χ2v) is 6.46. The topological polar surface area (TPSA) is 47.6 Å². The second kappa shape index (κ2) is 9.27. The molecule has 0 heterocycles. The van der Waals surface area contributed by atoms with Crippen LogP contribution in [0.15, 0.2) is 42.5 Å². The Morgan fingerprint density at radius 2 is 1.73 bits per heavy atom. The number of carbonyl (C=O) groups excluding carboxylic acids is 1. The zero-order chi connectivity index (χ0) is 19.1. The summed E-state index contributed by atoms with van der Waals surface area (Å²) in [6.07, 6.45) is 0.902. The van der Waals surface area contributed by atoms with Crippen molar-refractivity contribution in [1.82, 2.24) is 5.32 Å². The van der Waals surface area contributed by atoms with Gasteiger partial charge in [-0.3, -0.25) is 4.79 Å². The predicted molar refractivity (Wildman–Crippen MR) is 105 cm³/mol. The van der Waals surface area contributed by atoms with Crippen LogP contribution in [0.3, 0.4) is 0 Å².